The van der Waals surface area contributed by atoms with Crippen LogP contribution in [0.2, 0.25) is 0 Å². The maximum Gasteiger partial charge on any atom is 0.341 e. The highest BCUT2D eigenvalue weighted by Crippen LogP contribution is 2.20. The molecule has 0 atom stereocenters. The maximum atomic E-state index is 12.3. The molecule has 0 spiro atoms. The van der Waals surface area contributed by atoms with Crippen LogP contribution in [0.15, 0.2) is 60.8 Å². The first-order chi connectivity index (χ1) is 11.7. The number of aryl methyl sites for hydroxylation is 1. The first kappa shape index (κ1) is 16.0. The molecule has 0 aliphatic heterocycles. The van der Waals surface area contributed by atoms with Crippen molar-refractivity contribution in [2.75, 3.05) is 6.61 Å². The second-order valence-electron chi connectivity index (χ2n) is 5.64. The van der Waals surface area contributed by atoms with Gasteiger partial charge in [-0.25, -0.2) is 9.48 Å². The Balaban J connectivity index is 2.03. The Morgan fingerprint density at radius 2 is 1.79 bits per heavy atom. The fourth-order valence-corrected chi connectivity index (χ4v) is 2.61. The Labute approximate surface area is 141 Å². The predicted molar refractivity (Wildman–Crippen MR) is 93.5 cm³/mol. The molecule has 2 aromatic carbocycles. The average Bonchev–Trinajstić information content (AvgIpc) is 3.01. The molecule has 0 N–H and O–H groups in total. The van der Waals surface area contributed by atoms with Gasteiger partial charge in [0.1, 0.15) is 5.56 Å². The van der Waals surface area contributed by atoms with Crippen LogP contribution in [-0.4, -0.2) is 22.4 Å². The standard InChI is InChI=1S/C20H20N2O2/c1-3-24-20(23)18-14-21-22(17-7-5-4-6-8-17)19(18)13-16-11-9-15(2)10-12-16/h4-12,14H,3,13H2,1-2H3. The van der Waals surface area contributed by atoms with Crippen LogP contribution < -0.4 is 0 Å². The molecule has 1 aromatic heterocycles. The van der Waals surface area contributed by atoms with Crippen LogP contribution in [0.25, 0.3) is 5.69 Å². The molecule has 4 nitrogen and oxygen atoms in total. The lowest BCUT2D eigenvalue weighted by molar-refractivity contribution is 0.0525. The highest BCUT2D eigenvalue weighted by Gasteiger charge is 2.19. The minimum atomic E-state index is -0.332. The van der Waals surface area contributed by atoms with E-state index >= 15 is 0 Å². The summed E-state index contributed by atoms with van der Waals surface area (Å²) in [5, 5.41) is 4.42. The van der Waals surface area contributed by atoms with E-state index in [1.165, 1.54) is 5.56 Å². The number of esters is 1. The van der Waals surface area contributed by atoms with Crippen LogP contribution in [0, 0.1) is 6.92 Å². The fourth-order valence-electron chi connectivity index (χ4n) is 2.61. The smallest absolute Gasteiger partial charge is 0.341 e. The van der Waals surface area contributed by atoms with E-state index in [-0.39, 0.29) is 5.97 Å². The fraction of sp³-hybridized carbons (Fsp3) is 0.200. The zero-order valence-electron chi connectivity index (χ0n) is 13.9. The number of carbonyl (C=O) groups excluding carboxylic acids is 1. The monoisotopic (exact) mass is 320 g/mol. The summed E-state index contributed by atoms with van der Waals surface area (Å²) in [6.07, 6.45) is 2.21. The summed E-state index contributed by atoms with van der Waals surface area (Å²) in [5.41, 5.74) is 4.62. The minimum absolute atomic E-state index is 0.332. The number of carbonyl (C=O) groups is 1. The number of para-hydroxylation sites is 1. The maximum absolute atomic E-state index is 12.3. The number of rotatable bonds is 5. The average molecular weight is 320 g/mol. The Bertz CT molecular complexity index is 821. The second kappa shape index (κ2) is 7.13. The number of hydrogen-bond donors (Lipinski definition) is 0. The summed E-state index contributed by atoms with van der Waals surface area (Å²) >= 11 is 0. The molecule has 0 saturated carbocycles. The van der Waals surface area contributed by atoms with Crippen molar-refractivity contribution in [2.45, 2.75) is 20.3 Å². The van der Waals surface area contributed by atoms with Gasteiger partial charge in [0.2, 0.25) is 0 Å². The molecule has 3 rings (SSSR count). The largest absolute Gasteiger partial charge is 0.462 e. The lowest BCUT2D eigenvalue weighted by atomic mass is 10.0. The first-order valence-corrected chi connectivity index (χ1v) is 8.04. The number of nitrogens with zero attached hydrogens (tertiary/aromatic N) is 2. The van der Waals surface area contributed by atoms with Gasteiger partial charge in [-0.15, -0.1) is 0 Å². The van der Waals surface area contributed by atoms with E-state index in [1.807, 2.05) is 35.0 Å². The summed E-state index contributed by atoms with van der Waals surface area (Å²) in [7, 11) is 0. The van der Waals surface area contributed by atoms with Gasteiger partial charge in [0.15, 0.2) is 0 Å². The molecule has 0 radical (unpaired) electrons. The van der Waals surface area contributed by atoms with Crippen LogP contribution in [0.5, 0.6) is 0 Å². The zero-order chi connectivity index (χ0) is 16.9. The molecular weight excluding hydrogens is 300 g/mol. The van der Waals surface area contributed by atoms with Gasteiger partial charge in [-0.2, -0.15) is 5.10 Å². The minimum Gasteiger partial charge on any atom is -0.462 e. The molecule has 3 aromatic rings. The molecule has 0 aliphatic rings. The van der Waals surface area contributed by atoms with Crippen molar-refractivity contribution in [3.63, 3.8) is 0 Å². The van der Waals surface area contributed by atoms with Gasteiger partial charge in [0.05, 0.1) is 24.2 Å². The number of aromatic nitrogens is 2. The zero-order valence-corrected chi connectivity index (χ0v) is 13.9. The van der Waals surface area contributed by atoms with Crippen molar-refractivity contribution < 1.29 is 9.53 Å². The molecule has 0 bridgehead atoms. The van der Waals surface area contributed by atoms with E-state index in [2.05, 4.69) is 36.3 Å². The molecule has 0 saturated heterocycles. The van der Waals surface area contributed by atoms with Crippen LogP contribution >= 0.6 is 0 Å². The Morgan fingerprint density at radius 1 is 1.08 bits per heavy atom. The summed E-state index contributed by atoms with van der Waals surface area (Å²) < 4.78 is 6.99. The lowest BCUT2D eigenvalue weighted by Crippen LogP contribution is -2.10. The van der Waals surface area contributed by atoms with E-state index < -0.39 is 0 Å². The topological polar surface area (TPSA) is 44.1 Å². The molecule has 0 unspecified atom stereocenters. The molecule has 4 heteroatoms. The molecule has 1 heterocycles. The van der Waals surface area contributed by atoms with Gasteiger partial charge in [0, 0.05) is 6.42 Å². The SMILES string of the molecule is CCOC(=O)c1cnn(-c2ccccc2)c1Cc1ccc(C)cc1. The number of benzene rings is 2. The van der Waals surface area contributed by atoms with Crippen molar-refractivity contribution in [1.82, 2.24) is 9.78 Å². The molecule has 24 heavy (non-hydrogen) atoms. The number of ether oxygens (including phenoxy) is 1. The van der Waals surface area contributed by atoms with Crippen molar-refractivity contribution in [3.8, 4) is 5.69 Å². The summed E-state index contributed by atoms with van der Waals surface area (Å²) in [6.45, 7) is 4.21. The van der Waals surface area contributed by atoms with E-state index in [0.29, 0.717) is 18.6 Å². The van der Waals surface area contributed by atoms with Gasteiger partial charge in [-0.05, 0) is 31.5 Å². The van der Waals surface area contributed by atoms with Gasteiger partial charge in [-0.3, -0.25) is 0 Å². The van der Waals surface area contributed by atoms with E-state index in [1.54, 1.807) is 13.1 Å². The van der Waals surface area contributed by atoms with Crippen molar-refractivity contribution in [3.05, 3.63) is 83.2 Å². The lowest BCUT2D eigenvalue weighted by Gasteiger charge is -2.10. The third-order valence-corrected chi connectivity index (χ3v) is 3.86. The highest BCUT2D eigenvalue weighted by molar-refractivity contribution is 5.90. The number of hydrogen-bond acceptors (Lipinski definition) is 3. The van der Waals surface area contributed by atoms with E-state index in [0.717, 1.165) is 16.9 Å². The van der Waals surface area contributed by atoms with E-state index in [4.69, 9.17) is 4.74 Å². The van der Waals surface area contributed by atoms with Crippen molar-refractivity contribution in [2.24, 2.45) is 0 Å². The summed E-state index contributed by atoms with van der Waals surface area (Å²) in [4.78, 5) is 12.3. The van der Waals surface area contributed by atoms with Crippen LogP contribution in [0.1, 0.15) is 34.1 Å². The second-order valence-corrected chi connectivity index (χ2v) is 5.64. The van der Waals surface area contributed by atoms with Crippen LogP contribution in [0.4, 0.5) is 0 Å². The van der Waals surface area contributed by atoms with Gasteiger partial charge in [0.25, 0.3) is 0 Å². The van der Waals surface area contributed by atoms with Gasteiger partial charge < -0.3 is 4.74 Å². The van der Waals surface area contributed by atoms with Crippen LogP contribution in [-0.2, 0) is 11.2 Å². The quantitative estimate of drug-likeness (QED) is 0.669. The third-order valence-electron chi connectivity index (χ3n) is 3.86. The predicted octanol–water partition coefficient (Wildman–Crippen LogP) is 3.95. The Kier molecular flexibility index (Phi) is 4.75. The molecule has 0 amide bonds. The van der Waals surface area contributed by atoms with Gasteiger partial charge >= 0.3 is 5.97 Å². The highest BCUT2D eigenvalue weighted by atomic mass is 16.5. The van der Waals surface area contributed by atoms with Crippen molar-refractivity contribution in [1.29, 1.82) is 0 Å². The Morgan fingerprint density at radius 3 is 2.46 bits per heavy atom. The summed E-state index contributed by atoms with van der Waals surface area (Å²) in [5.74, 6) is -0.332. The van der Waals surface area contributed by atoms with Gasteiger partial charge in [-0.1, -0.05) is 48.0 Å². The van der Waals surface area contributed by atoms with Crippen LogP contribution in [0.3, 0.4) is 0 Å². The summed E-state index contributed by atoms with van der Waals surface area (Å²) in [6, 6.07) is 18.1. The van der Waals surface area contributed by atoms with E-state index in [9.17, 15) is 4.79 Å². The first-order valence-electron chi connectivity index (χ1n) is 8.04. The molecule has 0 fully saturated rings. The molecule has 122 valence electrons. The molecular formula is C20H20N2O2. The molecule has 0 aliphatic carbocycles. The normalized spacial score (nSPS) is 10.6. The van der Waals surface area contributed by atoms with Crippen molar-refractivity contribution >= 4 is 5.97 Å². The Hall–Kier alpha value is -2.88. The third kappa shape index (κ3) is 3.38.